The molecular formula is C92H114Br2O9Si. The largest absolute Gasteiger partial charge is 0.407 e. The molecule has 0 aliphatic heterocycles. The second kappa shape index (κ2) is 43.4. The van der Waals surface area contributed by atoms with Gasteiger partial charge in [0.1, 0.15) is 20.4 Å². The lowest BCUT2D eigenvalue weighted by Gasteiger charge is -2.43. The number of ether oxygens (including phenoxy) is 6. The number of allylic oxidation sites excluding steroid dienone is 6. The van der Waals surface area contributed by atoms with Crippen molar-refractivity contribution in [1.82, 2.24) is 0 Å². The fourth-order valence-electron chi connectivity index (χ4n) is 16.5. The third kappa shape index (κ3) is 21.7. The lowest BCUT2D eigenvalue weighted by atomic mass is 9.66. The Bertz CT molecular complexity index is 3590. The molecule has 4 aliphatic rings. The predicted octanol–water partition coefficient (Wildman–Crippen LogP) is 21.1. The number of unbranched alkanes of at least 4 members (excludes halogenated alkanes) is 3. The number of alkyl halides is 2. The van der Waals surface area contributed by atoms with Crippen LogP contribution in [0.2, 0.25) is 5.04 Å². The summed E-state index contributed by atoms with van der Waals surface area (Å²) in [5.41, 5.74) is 14.1. The van der Waals surface area contributed by atoms with Crippen LogP contribution in [-0.2, 0) is 32.8 Å². The number of benzene rings is 7. The average Bonchev–Trinajstić information content (AvgIpc) is 1.55. The van der Waals surface area contributed by atoms with E-state index in [1.54, 1.807) is 27.4 Å². The van der Waals surface area contributed by atoms with Crippen LogP contribution in [0.3, 0.4) is 0 Å². The number of aliphatic hydroxyl groups is 2. The van der Waals surface area contributed by atoms with Crippen molar-refractivity contribution in [1.29, 1.82) is 0 Å². The zero-order chi connectivity index (χ0) is 74.1. The maximum atomic E-state index is 9.35. The van der Waals surface area contributed by atoms with Gasteiger partial charge in [0.2, 0.25) is 0 Å². The van der Waals surface area contributed by atoms with Gasteiger partial charge in [-0.3, -0.25) is 0 Å². The van der Waals surface area contributed by atoms with Crippen molar-refractivity contribution in [3.05, 3.63) is 277 Å². The average molecular weight is 1550 g/mol. The number of fused-ring (bicyclic) bond motifs is 2. The van der Waals surface area contributed by atoms with Gasteiger partial charge in [-0.2, -0.15) is 0 Å². The maximum Gasteiger partial charge on any atom is 0.261 e. The highest BCUT2D eigenvalue weighted by Gasteiger charge is 2.59. The molecule has 2 fully saturated rings. The Kier molecular flexibility index (Phi) is 34.8. The minimum Gasteiger partial charge on any atom is -0.407 e. The van der Waals surface area contributed by atoms with Crippen molar-refractivity contribution in [2.45, 2.75) is 157 Å². The minimum absolute atomic E-state index is 0.0139. The second-order valence-corrected chi connectivity index (χ2v) is 36.3. The zero-order valence-electron chi connectivity index (χ0n) is 62.6. The van der Waals surface area contributed by atoms with Crippen LogP contribution in [0.4, 0.5) is 0 Å². The molecule has 7 aromatic rings. The van der Waals surface area contributed by atoms with Gasteiger partial charge in [-0.15, -0.1) is 6.58 Å². The number of hydrogen-bond acceptors (Lipinski definition) is 9. The van der Waals surface area contributed by atoms with Crippen LogP contribution < -0.4 is 10.4 Å². The molecule has 11 rings (SSSR count). The third-order valence-corrected chi connectivity index (χ3v) is 27.1. The monoisotopic (exact) mass is 1550 g/mol. The molecule has 0 aromatic heterocycles. The van der Waals surface area contributed by atoms with Gasteiger partial charge in [-0.25, -0.2) is 0 Å². The molecular weight excluding hydrogens is 1440 g/mol. The van der Waals surface area contributed by atoms with E-state index in [0.717, 1.165) is 121 Å². The van der Waals surface area contributed by atoms with Crippen LogP contribution in [0.25, 0.3) is 22.3 Å². The number of hydrogen-bond donors (Lipinski definition) is 2. The van der Waals surface area contributed by atoms with Crippen molar-refractivity contribution < 1.29 is 43.1 Å². The first-order chi connectivity index (χ1) is 50.7. The molecule has 0 saturated heterocycles. The van der Waals surface area contributed by atoms with Crippen LogP contribution in [0.1, 0.15) is 158 Å². The summed E-state index contributed by atoms with van der Waals surface area (Å²) in [4.78, 5) is 0. The molecule has 2 N–H and O–H groups in total. The lowest BCUT2D eigenvalue weighted by molar-refractivity contribution is -0.0860. The van der Waals surface area contributed by atoms with Crippen molar-refractivity contribution >= 4 is 72.8 Å². The van der Waals surface area contributed by atoms with Gasteiger partial charge < -0.3 is 43.1 Å². The van der Waals surface area contributed by atoms with Gasteiger partial charge in [-0.05, 0) is 175 Å². The molecule has 2 saturated carbocycles. The van der Waals surface area contributed by atoms with E-state index in [4.69, 9.17) is 46.0 Å². The first-order valence-electron chi connectivity index (χ1n) is 37.5. The Hall–Kier alpha value is -6.38. The summed E-state index contributed by atoms with van der Waals surface area (Å²) >= 11 is 7.11. The van der Waals surface area contributed by atoms with E-state index in [1.165, 1.54) is 66.1 Å². The van der Waals surface area contributed by atoms with Gasteiger partial charge in [0, 0.05) is 75.8 Å². The first-order valence-corrected chi connectivity index (χ1v) is 41.2. The normalized spacial score (nSPS) is 19.8. The summed E-state index contributed by atoms with van der Waals surface area (Å²) in [5.74, 6) is 6.95. The fraction of sp³-hybridized carbons (Fsp3) is 0.413. The molecule has 0 bridgehead atoms. The molecule has 0 spiro atoms. The van der Waals surface area contributed by atoms with Crippen molar-refractivity contribution in [3.63, 3.8) is 0 Å². The summed E-state index contributed by atoms with van der Waals surface area (Å²) in [6.45, 7) is 22.4. The van der Waals surface area contributed by atoms with Crippen molar-refractivity contribution in [2.75, 3.05) is 61.5 Å². The Morgan fingerprint density at radius 2 is 0.942 bits per heavy atom. The standard InChI is InChI=1S/2C28H34O3.C21H28Br2OSi.C15H18O2/c2*1-21(22-11-5-3-6-12-22)28-17-16-26(31-20-30-2)25(28)19-24(15-9-10-18-29)27(28)23-13-7-4-8-14-23;1-21(2,3)25(18-12-6-4-7-13-18,19-14-8-5-9-15-19)24-17-11-10-16-20(22)23;1-3-15(17-13-16-2)12-8-7-11-14-9-5-4-6-10-14/h2*3-8,11-14,25-26,29H,1,9-10,15-20H2,2H3;4-9,12-15,20H,10-11,16-17H2,1-3H3;3-6,9-10,15H,1,8,12-13H2,2H3/t25?,26-,28+;25?,26-,28-;;/m10../s1. The molecule has 9 nitrogen and oxygen atoms in total. The van der Waals surface area contributed by atoms with E-state index < -0.39 is 8.32 Å². The Morgan fingerprint density at radius 3 is 1.33 bits per heavy atom. The summed E-state index contributed by atoms with van der Waals surface area (Å²) < 4.78 is 40.4. The van der Waals surface area contributed by atoms with Crippen LogP contribution in [-0.4, -0.2) is 102 Å². The van der Waals surface area contributed by atoms with E-state index in [0.29, 0.717) is 36.0 Å². The number of aliphatic hydroxyl groups excluding tert-OH is 2. The molecule has 0 amide bonds. The Balaban J connectivity index is 0.000000180. The summed E-state index contributed by atoms with van der Waals surface area (Å²) in [7, 11) is 2.63. The van der Waals surface area contributed by atoms with E-state index in [-0.39, 0.29) is 47.4 Å². The molecule has 4 aliphatic carbocycles. The smallest absolute Gasteiger partial charge is 0.261 e. The SMILES string of the molecule is C=C(c1ccccc1)[C@@]12CC[C@@H](OCOC)C1CC(CCCCO)=C2c1ccccc1.C=C(c1ccccc1)[C@@]12CC[C@H](OCOC)C1CC(CCCCO)=C2c1ccccc1.C=CC(CCC#Cc1ccccc1)OCOC.CC(C)(C)[Si](OCCCCC(Br)Br)(c1ccccc1)c1ccccc1. The molecule has 0 heterocycles. The maximum absolute atomic E-state index is 9.35. The van der Waals surface area contributed by atoms with E-state index in [1.807, 2.05) is 30.3 Å². The van der Waals surface area contributed by atoms with Crippen molar-refractivity contribution in [2.24, 2.45) is 22.7 Å². The number of methoxy groups -OCH3 is 3. The molecule has 12 heteroatoms. The number of halogens is 2. The highest BCUT2D eigenvalue weighted by atomic mass is 79.9. The van der Waals surface area contributed by atoms with E-state index in [9.17, 15) is 10.2 Å². The van der Waals surface area contributed by atoms with Crippen LogP contribution in [0.15, 0.2) is 249 Å². The quantitative estimate of drug-likeness (QED) is 0.0102. The van der Waals surface area contributed by atoms with E-state index >= 15 is 0 Å². The fourth-order valence-corrected chi connectivity index (χ4v) is 21.8. The molecule has 7 aromatic carbocycles. The Morgan fingerprint density at radius 1 is 0.538 bits per heavy atom. The molecule has 3 unspecified atom stereocenters. The molecule has 0 radical (unpaired) electrons. The number of rotatable bonds is 34. The summed E-state index contributed by atoms with van der Waals surface area (Å²) in [6.07, 6.45) is 19.0. The van der Waals surface area contributed by atoms with Gasteiger partial charge in [0.25, 0.3) is 8.32 Å². The molecule has 104 heavy (non-hydrogen) atoms. The Labute approximate surface area is 641 Å². The van der Waals surface area contributed by atoms with E-state index in [2.05, 4.69) is 253 Å². The third-order valence-electron chi connectivity index (χ3n) is 21.1. The van der Waals surface area contributed by atoms with Gasteiger partial charge in [0.05, 0.1) is 22.0 Å². The first kappa shape index (κ1) is 83.3. The van der Waals surface area contributed by atoms with Gasteiger partial charge in [0.15, 0.2) is 0 Å². The second-order valence-electron chi connectivity index (χ2n) is 28.6. The molecule has 554 valence electrons. The highest BCUT2D eigenvalue weighted by molar-refractivity contribution is 9.24. The highest BCUT2D eigenvalue weighted by Crippen LogP contribution is 2.68. The zero-order valence-corrected chi connectivity index (χ0v) is 66.8. The van der Waals surface area contributed by atoms with Crippen LogP contribution >= 0.6 is 31.9 Å². The predicted molar refractivity (Wildman–Crippen MR) is 441 cm³/mol. The lowest BCUT2D eigenvalue weighted by Crippen LogP contribution is -2.66. The topological polar surface area (TPSA) is 105 Å². The van der Waals surface area contributed by atoms with Gasteiger partial charge >= 0.3 is 0 Å². The summed E-state index contributed by atoms with van der Waals surface area (Å²) in [6, 6.07) is 74.6. The molecule has 7 atom stereocenters. The van der Waals surface area contributed by atoms with Gasteiger partial charge in [-0.1, -0.05) is 295 Å². The van der Waals surface area contributed by atoms with Crippen LogP contribution in [0.5, 0.6) is 0 Å². The minimum atomic E-state index is -2.35. The van der Waals surface area contributed by atoms with Crippen LogP contribution in [0, 0.1) is 34.5 Å². The summed E-state index contributed by atoms with van der Waals surface area (Å²) in [5, 5.41) is 21.5. The van der Waals surface area contributed by atoms with Crippen molar-refractivity contribution in [3.8, 4) is 11.8 Å².